The molecule has 3 aromatic carbocycles. The van der Waals surface area contributed by atoms with Gasteiger partial charge in [0.15, 0.2) is 5.78 Å². The molecule has 9 heteroatoms. The number of ketones is 1. The molecule has 1 fully saturated rings. The number of aliphatic hydroxyl groups excluding tert-OH is 1. The molecule has 0 aromatic heterocycles. The Morgan fingerprint density at radius 1 is 0.927 bits per heavy atom. The number of fused-ring (bicyclic) bond motifs is 3. The molecule has 2 heterocycles. The number of carbonyl (C=O) groups is 3. The van der Waals surface area contributed by atoms with Gasteiger partial charge < -0.3 is 30.9 Å². The van der Waals surface area contributed by atoms with Crippen molar-refractivity contribution in [2.24, 2.45) is 0 Å². The van der Waals surface area contributed by atoms with Gasteiger partial charge in [-0.05, 0) is 28.7 Å². The van der Waals surface area contributed by atoms with Crippen molar-refractivity contribution in [3.05, 3.63) is 119 Å². The normalized spacial score (nSPS) is 25.7. The number of alkyl carbamates (subject to hydrolysis) is 1. The predicted octanol–water partition coefficient (Wildman–Crippen LogP) is 3.60. The second-order valence-corrected chi connectivity index (χ2v) is 10.9. The van der Waals surface area contributed by atoms with Gasteiger partial charge in [0.1, 0.15) is 11.6 Å². The van der Waals surface area contributed by atoms with E-state index >= 15 is 0 Å². The summed E-state index contributed by atoms with van der Waals surface area (Å²) in [4.78, 5) is 38.4. The van der Waals surface area contributed by atoms with Crippen molar-refractivity contribution in [1.29, 1.82) is 0 Å². The van der Waals surface area contributed by atoms with Gasteiger partial charge >= 0.3 is 12.2 Å². The van der Waals surface area contributed by atoms with E-state index in [1.54, 1.807) is 6.20 Å². The van der Waals surface area contributed by atoms with E-state index in [0.717, 1.165) is 22.3 Å². The minimum Gasteiger partial charge on any atom is -0.465 e. The van der Waals surface area contributed by atoms with Crippen LogP contribution in [0, 0.1) is 0 Å². The van der Waals surface area contributed by atoms with E-state index in [1.165, 1.54) is 0 Å². The molecule has 1 aliphatic carbocycles. The lowest BCUT2D eigenvalue weighted by atomic mass is 9.76. The third-order valence-corrected chi connectivity index (χ3v) is 8.35. The average molecular weight is 554 g/mol. The van der Waals surface area contributed by atoms with E-state index in [2.05, 4.69) is 16.0 Å². The number of carboxylic acid groups (broad SMARTS) is 1. The van der Waals surface area contributed by atoms with Crippen molar-refractivity contribution < 1.29 is 29.3 Å². The molecule has 2 aliphatic heterocycles. The van der Waals surface area contributed by atoms with Gasteiger partial charge in [0.2, 0.25) is 0 Å². The van der Waals surface area contributed by atoms with Crippen LogP contribution in [0.1, 0.15) is 40.6 Å². The van der Waals surface area contributed by atoms with Crippen molar-refractivity contribution >= 4 is 18.0 Å². The number of nitrogens with one attached hydrogen (secondary N) is 3. The summed E-state index contributed by atoms with van der Waals surface area (Å²) in [5, 5.41) is 29.7. The summed E-state index contributed by atoms with van der Waals surface area (Å²) in [5.74, 6) is -0.695. The molecule has 3 aliphatic rings. The highest BCUT2D eigenvalue weighted by Gasteiger charge is 2.55. The van der Waals surface area contributed by atoms with Crippen LogP contribution in [0.5, 0.6) is 0 Å². The van der Waals surface area contributed by atoms with Gasteiger partial charge in [-0.15, -0.1) is 0 Å². The lowest BCUT2D eigenvalue weighted by Gasteiger charge is -2.34. The zero-order chi connectivity index (χ0) is 28.6. The predicted molar refractivity (Wildman–Crippen MR) is 150 cm³/mol. The Kier molecular flexibility index (Phi) is 6.96. The maximum Gasteiger partial charge on any atom is 0.408 e. The lowest BCUT2D eigenvalue weighted by molar-refractivity contribution is -0.122. The first-order valence-electron chi connectivity index (χ1n) is 13.7. The quantitative estimate of drug-likeness (QED) is 0.273. The summed E-state index contributed by atoms with van der Waals surface area (Å²) in [5.41, 5.74) is 2.80. The number of amides is 2. The second-order valence-electron chi connectivity index (χ2n) is 10.9. The minimum absolute atomic E-state index is 0.0427. The van der Waals surface area contributed by atoms with Crippen molar-refractivity contribution in [2.45, 2.75) is 55.0 Å². The van der Waals surface area contributed by atoms with Crippen LogP contribution in [0.4, 0.5) is 9.59 Å². The summed E-state index contributed by atoms with van der Waals surface area (Å²) < 4.78 is 5.66. The van der Waals surface area contributed by atoms with Crippen LogP contribution in [0.25, 0.3) is 0 Å². The highest BCUT2D eigenvalue weighted by molar-refractivity contribution is 6.07. The van der Waals surface area contributed by atoms with Crippen LogP contribution in [-0.2, 0) is 22.4 Å². The summed E-state index contributed by atoms with van der Waals surface area (Å²) in [6, 6.07) is 25.3. The van der Waals surface area contributed by atoms with Gasteiger partial charge in [-0.3, -0.25) is 4.79 Å². The van der Waals surface area contributed by atoms with Gasteiger partial charge in [-0.1, -0.05) is 84.9 Å². The molecule has 6 rings (SSSR count). The van der Waals surface area contributed by atoms with Crippen LogP contribution in [0.15, 0.2) is 96.7 Å². The molecule has 41 heavy (non-hydrogen) atoms. The maximum absolute atomic E-state index is 14.5. The topological polar surface area (TPSA) is 137 Å². The summed E-state index contributed by atoms with van der Waals surface area (Å²) in [6.45, 7) is 0. The monoisotopic (exact) mass is 553 g/mol. The van der Waals surface area contributed by atoms with E-state index in [4.69, 9.17) is 4.74 Å². The zero-order valence-electron chi connectivity index (χ0n) is 22.2. The Morgan fingerprint density at radius 3 is 2.24 bits per heavy atom. The third-order valence-electron chi connectivity index (χ3n) is 8.35. The molecule has 3 aromatic rings. The standard InChI is InChI=1S/C32H31N3O6/c36-25(24(34-30(38)39)15-19-9-3-1-4-10-19)17-32(16-20-11-5-2-6-12-20)29(37)23(18-33-32)26-21-13-7-8-14-22(21)27-28(26)41-31(40)35-27/h1-14,18,24-28,33-34,36H,15-17H2,(H,35,40)(H,38,39)/t24-,25-,26+,27+,28-,32-/m0/s1. The number of rotatable bonds is 9. The molecular formula is C32H31N3O6. The largest absolute Gasteiger partial charge is 0.465 e. The molecule has 0 bridgehead atoms. The van der Waals surface area contributed by atoms with Crippen LogP contribution in [-0.4, -0.2) is 52.0 Å². The fraction of sp³-hybridized carbons (Fsp3) is 0.281. The van der Waals surface area contributed by atoms with Crippen molar-refractivity contribution in [1.82, 2.24) is 16.0 Å². The number of hydrogen-bond acceptors (Lipinski definition) is 6. The number of carbonyl (C=O) groups excluding carboxylic acids is 2. The van der Waals surface area contributed by atoms with E-state index in [9.17, 15) is 24.6 Å². The first kappa shape index (κ1) is 26.6. The van der Waals surface area contributed by atoms with Gasteiger partial charge in [0.05, 0.1) is 24.1 Å². The molecule has 2 amide bonds. The van der Waals surface area contributed by atoms with Gasteiger partial charge in [-0.2, -0.15) is 0 Å². The van der Waals surface area contributed by atoms with Gasteiger partial charge in [0, 0.05) is 24.6 Å². The molecule has 9 nitrogen and oxygen atoms in total. The van der Waals surface area contributed by atoms with Crippen LogP contribution in [0.3, 0.4) is 0 Å². The van der Waals surface area contributed by atoms with E-state index < -0.39 is 41.9 Å². The summed E-state index contributed by atoms with van der Waals surface area (Å²) in [6.07, 6.45) is -1.36. The van der Waals surface area contributed by atoms with Crippen molar-refractivity contribution in [2.75, 3.05) is 0 Å². The molecular weight excluding hydrogens is 522 g/mol. The van der Waals surface area contributed by atoms with Crippen LogP contribution >= 0.6 is 0 Å². The highest BCUT2D eigenvalue weighted by Crippen LogP contribution is 2.50. The second kappa shape index (κ2) is 10.7. The van der Waals surface area contributed by atoms with E-state index in [-0.39, 0.29) is 31.1 Å². The molecule has 0 radical (unpaired) electrons. The SMILES string of the molecule is O=C(O)N[C@@H](Cc1ccccc1)[C@@H](O)C[C@]1(Cc2ccccc2)NC=C([C@H]2c3ccccc3[C@H]3NC(=O)O[C@H]32)C1=O. The summed E-state index contributed by atoms with van der Waals surface area (Å²) in [7, 11) is 0. The first-order chi connectivity index (χ1) is 19.8. The fourth-order valence-corrected chi connectivity index (χ4v) is 6.51. The Hall–Kier alpha value is -4.63. The first-order valence-corrected chi connectivity index (χ1v) is 13.7. The Morgan fingerprint density at radius 2 is 1.56 bits per heavy atom. The van der Waals surface area contributed by atoms with Crippen molar-refractivity contribution in [3.8, 4) is 0 Å². The van der Waals surface area contributed by atoms with E-state index in [1.807, 2.05) is 84.9 Å². The maximum atomic E-state index is 14.5. The Bertz CT molecular complexity index is 1490. The molecule has 1 saturated heterocycles. The van der Waals surface area contributed by atoms with Crippen LogP contribution < -0.4 is 16.0 Å². The van der Waals surface area contributed by atoms with E-state index in [0.29, 0.717) is 5.57 Å². The number of ether oxygens (including phenoxy) is 1. The lowest BCUT2D eigenvalue weighted by Crippen LogP contribution is -2.55. The smallest absolute Gasteiger partial charge is 0.408 e. The summed E-state index contributed by atoms with van der Waals surface area (Å²) >= 11 is 0. The van der Waals surface area contributed by atoms with Crippen molar-refractivity contribution in [3.63, 3.8) is 0 Å². The average Bonchev–Trinajstić information content (AvgIpc) is 3.58. The molecule has 210 valence electrons. The Labute approximate surface area is 237 Å². The molecule has 0 saturated carbocycles. The molecule has 6 atom stereocenters. The number of hydrogen-bond donors (Lipinski definition) is 5. The Balaban J connectivity index is 1.33. The number of Topliss-reactive ketones (excluding diaryl/α,β-unsaturated/α-hetero) is 1. The van der Waals surface area contributed by atoms with Crippen LogP contribution in [0.2, 0.25) is 0 Å². The number of aliphatic hydroxyl groups is 1. The fourth-order valence-electron chi connectivity index (χ4n) is 6.51. The molecule has 0 spiro atoms. The molecule has 0 unspecified atom stereocenters. The third kappa shape index (κ3) is 5.04. The molecule has 5 N–H and O–H groups in total. The minimum atomic E-state index is -1.25. The van der Waals surface area contributed by atoms with Gasteiger partial charge in [0.25, 0.3) is 0 Å². The zero-order valence-corrected chi connectivity index (χ0v) is 22.2. The highest BCUT2D eigenvalue weighted by atomic mass is 16.6. The number of benzene rings is 3. The van der Waals surface area contributed by atoms with Gasteiger partial charge in [-0.25, -0.2) is 9.59 Å².